The van der Waals surface area contributed by atoms with Crippen LogP contribution in [-0.2, 0) is 4.74 Å². The second-order valence-corrected chi connectivity index (χ2v) is 9.27. The van der Waals surface area contributed by atoms with Crippen molar-refractivity contribution in [3.8, 4) is 5.75 Å². The first-order chi connectivity index (χ1) is 15.1. The summed E-state index contributed by atoms with van der Waals surface area (Å²) < 4.78 is 12.0. The van der Waals surface area contributed by atoms with Gasteiger partial charge in [-0.3, -0.25) is 9.59 Å². The van der Waals surface area contributed by atoms with E-state index in [4.69, 9.17) is 9.47 Å². The Morgan fingerprint density at radius 1 is 1.29 bits per heavy atom. The number of hydrogen-bond acceptors (Lipinski definition) is 7. The lowest BCUT2D eigenvalue weighted by Gasteiger charge is -2.47. The molecular formula is C23H29N3O4S. The molecule has 0 atom stereocenters. The SMILES string of the molecule is Cc1nc(C(=O)N2CCOC3(CCN(CCCOc4ccccc4C=O)CC3)C2)cs1. The average molecular weight is 444 g/mol. The lowest BCUT2D eigenvalue weighted by molar-refractivity contribution is -0.127. The number of morpholine rings is 1. The average Bonchev–Trinajstić information content (AvgIpc) is 3.24. The van der Waals surface area contributed by atoms with Crippen molar-refractivity contribution in [2.24, 2.45) is 0 Å². The summed E-state index contributed by atoms with van der Waals surface area (Å²) in [6, 6.07) is 7.30. The molecule has 8 heteroatoms. The molecule has 2 aliphatic heterocycles. The van der Waals surface area contributed by atoms with Crippen LogP contribution in [0.4, 0.5) is 0 Å². The van der Waals surface area contributed by atoms with Crippen molar-refractivity contribution < 1.29 is 19.1 Å². The molecule has 1 spiro atoms. The molecule has 2 saturated heterocycles. The van der Waals surface area contributed by atoms with Crippen LogP contribution < -0.4 is 4.74 Å². The van der Waals surface area contributed by atoms with Gasteiger partial charge in [0, 0.05) is 31.6 Å². The number of amides is 1. The Bertz CT molecular complexity index is 908. The van der Waals surface area contributed by atoms with Gasteiger partial charge in [0.25, 0.3) is 5.91 Å². The first kappa shape index (κ1) is 21.9. The standard InChI is InChI=1S/C23H29N3O4S/c1-18-24-20(16-31-18)22(28)26-12-14-30-23(17-26)7-10-25(11-8-23)9-4-13-29-21-6-3-2-5-19(21)15-27/h2-3,5-6,15-16H,4,7-14,17H2,1H3. The monoisotopic (exact) mass is 443 g/mol. The minimum atomic E-state index is -0.241. The minimum Gasteiger partial charge on any atom is -0.493 e. The minimum absolute atomic E-state index is 0.0159. The first-order valence-electron chi connectivity index (χ1n) is 10.8. The number of carbonyl (C=O) groups is 2. The number of benzene rings is 1. The molecule has 166 valence electrons. The smallest absolute Gasteiger partial charge is 0.273 e. The molecule has 2 aliphatic rings. The van der Waals surface area contributed by atoms with Crippen LogP contribution in [0, 0.1) is 6.92 Å². The molecule has 7 nitrogen and oxygen atoms in total. The Balaban J connectivity index is 1.22. The highest BCUT2D eigenvalue weighted by Gasteiger charge is 2.41. The molecule has 0 saturated carbocycles. The maximum atomic E-state index is 12.8. The summed E-state index contributed by atoms with van der Waals surface area (Å²) >= 11 is 1.51. The first-order valence-corrected chi connectivity index (χ1v) is 11.7. The normalized spacial score (nSPS) is 18.8. The zero-order valence-corrected chi connectivity index (χ0v) is 18.7. The van der Waals surface area contributed by atoms with Crippen molar-refractivity contribution in [3.63, 3.8) is 0 Å². The fourth-order valence-electron chi connectivity index (χ4n) is 4.31. The maximum Gasteiger partial charge on any atom is 0.273 e. The summed E-state index contributed by atoms with van der Waals surface area (Å²) in [5.41, 5.74) is 0.895. The van der Waals surface area contributed by atoms with Crippen LogP contribution in [-0.4, -0.2) is 78.5 Å². The van der Waals surface area contributed by atoms with Crippen LogP contribution in [0.25, 0.3) is 0 Å². The van der Waals surface area contributed by atoms with Crippen LogP contribution in [0.3, 0.4) is 0 Å². The lowest BCUT2D eigenvalue weighted by Crippen LogP contribution is -2.58. The summed E-state index contributed by atoms with van der Waals surface area (Å²) in [6.45, 7) is 7.19. The Labute approximate surface area is 187 Å². The largest absolute Gasteiger partial charge is 0.493 e. The zero-order valence-electron chi connectivity index (χ0n) is 17.9. The van der Waals surface area contributed by atoms with E-state index in [0.717, 1.165) is 50.2 Å². The van der Waals surface area contributed by atoms with Crippen LogP contribution in [0.5, 0.6) is 5.75 Å². The summed E-state index contributed by atoms with van der Waals surface area (Å²) in [4.78, 5) is 32.6. The number of thiazole rings is 1. The van der Waals surface area contributed by atoms with Crippen molar-refractivity contribution in [2.45, 2.75) is 31.8 Å². The number of nitrogens with zero attached hydrogens (tertiary/aromatic N) is 3. The van der Waals surface area contributed by atoms with Crippen molar-refractivity contribution >= 4 is 23.5 Å². The van der Waals surface area contributed by atoms with E-state index in [0.29, 0.717) is 43.3 Å². The van der Waals surface area contributed by atoms with Crippen LogP contribution in [0.15, 0.2) is 29.6 Å². The molecule has 31 heavy (non-hydrogen) atoms. The van der Waals surface area contributed by atoms with Gasteiger partial charge in [-0.2, -0.15) is 0 Å². The van der Waals surface area contributed by atoms with Crippen molar-refractivity contribution in [3.05, 3.63) is 45.9 Å². The van der Waals surface area contributed by atoms with Crippen molar-refractivity contribution in [1.29, 1.82) is 0 Å². The highest BCUT2D eigenvalue weighted by atomic mass is 32.1. The molecule has 1 aromatic heterocycles. The highest BCUT2D eigenvalue weighted by molar-refractivity contribution is 7.09. The Hall–Kier alpha value is -2.29. The van der Waals surface area contributed by atoms with E-state index in [1.165, 1.54) is 11.3 Å². The number of aryl methyl sites for hydroxylation is 1. The number of rotatable bonds is 7. The predicted molar refractivity (Wildman–Crippen MR) is 119 cm³/mol. The topological polar surface area (TPSA) is 72.0 Å². The Morgan fingerprint density at radius 2 is 2.10 bits per heavy atom. The zero-order chi connectivity index (χ0) is 21.7. The number of aromatic nitrogens is 1. The third-order valence-electron chi connectivity index (χ3n) is 6.06. The number of hydrogen-bond donors (Lipinski definition) is 0. The van der Waals surface area contributed by atoms with Crippen LogP contribution >= 0.6 is 11.3 Å². The van der Waals surface area contributed by atoms with E-state index in [9.17, 15) is 9.59 Å². The summed E-state index contributed by atoms with van der Waals surface area (Å²) in [5, 5.41) is 2.76. The van der Waals surface area contributed by atoms with Gasteiger partial charge in [0.1, 0.15) is 11.4 Å². The molecule has 2 aromatic rings. The van der Waals surface area contributed by atoms with E-state index in [1.807, 2.05) is 35.4 Å². The van der Waals surface area contributed by atoms with Crippen molar-refractivity contribution in [2.75, 3.05) is 45.9 Å². The van der Waals surface area contributed by atoms with E-state index < -0.39 is 0 Å². The highest BCUT2D eigenvalue weighted by Crippen LogP contribution is 2.31. The number of ether oxygens (including phenoxy) is 2. The van der Waals surface area contributed by atoms with Gasteiger partial charge in [0.05, 0.1) is 35.9 Å². The molecule has 0 bridgehead atoms. The number of para-hydroxylation sites is 1. The second-order valence-electron chi connectivity index (χ2n) is 8.21. The van der Waals surface area contributed by atoms with Gasteiger partial charge in [-0.15, -0.1) is 11.3 Å². The van der Waals surface area contributed by atoms with Gasteiger partial charge in [-0.25, -0.2) is 4.98 Å². The maximum absolute atomic E-state index is 12.8. The molecule has 0 aliphatic carbocycles. The molecule has 4 rings (SSSR count). The van der Waals surface area contributed by atoms with Gasteiger partial charge in [0.15, 0.2) is 6.29 Å². The molecule has 3 heterocycles. The van der Waals surface area contributed by atoms with Crippen LogP contribution in [0.1, 0.15) is 45.1 Å². The molecule has 2 fully saturated rings. The number of carbonyl (C=O) groups excluding carboxylic acids is 2. The third kappa shape index (κ3) is 5.31. The molecule has 0 unspecified atom stereocenters. The van der Waals surface area contributed by atoms with Gasteiger partial charge in [0.2, 0.25) is 0 Å². The quantitative estimate of drug-likeness (QED) is 0.484. The van der Waals surface area contributed by atoms with Gasteiger partial charge < -0.3 is 19.3 Å². The van der Waals surface area contributed by atoms with E-state index in [-0.39, 0.29) is 11.5 Å². The molecular weight excluding hydrogens is 414 g/mol. The lowest BCUT2D eigenvalue weighted by atomic mass is 9.89. The summed E-state index contributed by atoms with van der Waals surface area (Å²) in [6.07, 6.45) is 3.56. The second kappa shape index (κ2) is 9.89. The summed E-state index contributed by atoms with van der Waals surface area (Å²) in [5.74, 6) is 0.660. The Kier molecular flexibility index (Phi) is 6.99. The third-order valence-corrected chi connectivity index (χ3v) is 6.84. The van der Waals surface area contributed by atoms with Gasteiger partial charge >= 0.3 is 0 Å². The van der Waals surface area contributed by atoms with Gasteiger partial charge in [-0.05, 0) is 38.3 Å². The van der Waals surface area contributed by atoms with Crippen LogP contribution in [0.2, 0.25) is 0 Å². The predicted octanol–water partition coefficient (Wildman–Crippen LogP) is 3.04. The van der Waals surface area contributed by atoms with E-state index in [1.54, 1.807) is 6.07 Å². The molecule has 1 amide bonds. The van der Waals surface area contributed by atoms with Gasteiger partial charge in [-0.1, -0.05) is 12.1 Å². The number of likely N-dealkylation sites (tertiary alicyclic amines) is 1. The van der Waals surface area contributed by atoms with E-state index >= 15 is 0 Å². The molecule has 0 N–H and O–H groups in total. The Morgan fingerprint density at radius 3 is 2.84 bits per heavy atom. The fraction of sp³-hybridized carbons (Fsp3) is 0.522. The summed E-state index contributed by atoms with van der Waals surface area (Å²) in [7, 11) is 0. The number of piperidine rings is 1. The van der Waals surface area contributed by atoms with Crippen molar-refractivity contribution in [1.82, 2.24) is 14.8 Å². The van der Waals surface area contributed by atoms with E-state index in [2.05, 4.69) is 9.88 Å². The molecule has 1 aromatic carbocycles. The number of aldehydes is 1. The molecule has 0 radical (unpaired) electrons. The fourth-order valence-corrected chi connectivity index (χ4v) is 4.89.